The number of aryl methyl sites for hydroxylation is 2. The van der Waals surface area contributed by atoms with Gasteiger partial charge in [0.15, 0.2) is 0 Å². The van der Waals surface area contributed by atoms with Gasteiger partial charge in [0.2, 0.25) is 0 Å². The molecule has 20 heavy (non-hydrogen) atoms. The molecule has 1 N–H and O–H groups in total. The first-order valence-corrected chi connectivity index (χ1v) is 7.58. The Bertz CT molecular complexity index is 572. The van der Waals surface area contributed by atoms with Crippen molar-refractivity contribution in [3.63, 3.8) is 0 Å². The average Bonchev–Trinajstić information content (AvgIpc) is 2.91. The van der Waals surface area contributed by atoms with Crippen LogP contribution in [0.25, 0.3) is 0 Å². The molecule has 0 saturated heterocycles. The summed E-state index contributed by atoms with van der Waals surface area (Å²) in [5.74, 6) is 1.65. The second kappa shape index (κ2) is 5.84. The molecule has 0 radical (unpaired) electrons. The highest BCUT2D eigenvalue weighted by Crippen LogP contribution is 2.37. The number of nitrogens with one attached hydrogen (secondary N) is 1. The van der Waals surface area contributed by atoms with E-state index in [0.29, 0.717) is 12.0 Å². The monoisotopic (exact) mass is 269 g/mol. The van der Waals surface area contributed by atoms with Gasteiger partial charge in [0.1, 0.15) is 5.76 Å². The molecule has 0 aliphatic heterocycles. The molecule has 1 aromatic heterocycles. The molecule has 1 aliphatic carbocycles. The van der Waals surface area contributed by atoms with Crippen LogP contribution in [0.5, 0.6) is 0 Å². The van der Waals surface area contributed by atoms with Crippen molar-refractivity contribution < 1.29 is 4.42 Å². The predicted octanol–water partition coefficient (Wildman–Crippen LogP) is 4.36. The van der Waals surface area contributed by atoms with E-state index in [1.807, 2.05) is 20.2 Å². The number of hydrogen-bond acceptors (Lipinski definition) is 2. The van der Waals surface area contributed by atoms with Crippen LogP contribution in [0.3, 0.4) is 0 Å². The van der Waals surface area contributed by atoms with Crippen molar-refractivity contribution in [1.29, 1.82) is 0 Å². The van der Waals surface area contributed by atoms with Gasteiger partial charge in [0, 0.05) is 11.6 Å². The molecular formula is C18H23NO. The minimum Gasteiger partial charge on any atom is -0.469 e. The first-order valence-electron chi connectivity index (χ1n) is 7.58. The molecule has 3 rings (SSSR count). The highest BCUT2D eigenvalue weighted by molar-refractivity contribution is 5.33. The molecule has 0 bridgehead atoms. The van der Waals surface area contributed by atoms with Crippen molar-refractivity contribution in [2.24, 2.45) is 0 Å². The van der Waals surface area contributed by atoms with Crippen LogP contribution in [-0.2, 0) is 6.42 Å². The standard InChI is InChI=1S/C18H23NO/c1-13-10-16(12-20-13)18(19-2)11-15-8-5-7-14-6-3-4-9-17(14)15/h3-4,6,9-10,12,15,18-19H,5,7-8,11H2,1-2H3. The van der Waals surface area contributed by atoms with Crippen LogP contribution >= 0.6 is 0 Å². The molecule has 106 valence electrons. The van der Waals surface area contributed by atoms with Crippen molar-refractivity contribution in [3.8, 4) is 0 Å². The van der Waals surface area contributed by atoms with E-state index in [2.05, 4.69) is 35.6 Å². The van der Waals surface area contributed by atoms with Gasteiger partial charge in [-0.3, -0.25) is 0 Å². The molecule has 0 amide bonds. The molecule has 0 spiro atoms. The fraction of sp³-hybridized carbons (Fsp3) is 0.444. The molecule has 0 fully saturated rings. The summed E-state index contributed by atoms with van der Waals surface area (Å²) in [4.78, 5) is 0. The van der Waals surface area contributed by atoms with Crippen LogP contribution in [0.15, 0.2) is 41.0 Å². The summed E-state index contributed by atoms with van der Waals surface area (Å²) in [7, 11) is 2.04. The van der Waals surface area contributed by atoms with E-state index in [9.17, 15) is 0 Å². The Hall–Kier alpha value is -1.54. The Morgan fingerprint density at radius 2 is 2.20 bits per heavy atom. The molecule has 2 aromatic rings. The summed E-state index contributed by atoms with van der Waals surface area (Å²) in [5, 5.41) is 3.45. The average molecular weight is 269 g/mol. The maximum atomic E-state index is 5.47. The van der Waals surface area contributed by atoms with Gasteiger partial charge in [-0.15, -0.1) is 0 Å². The summed E-state index contributed by atoms with van der Waals surface area (Å²) < 4.78 is 5.47. The molecule has 1 heterocycles. The van der Waals surface area contributed by atoms with Crippen LogP contribution in [0.4, 0.5) is 0 Å². The normalized spacial score (nSPS) is 19.6. The Labute approximate surface area is 121 Å². The molecule has 1 aliphatic rings. The number of furan rings is 1. The Morgan fingerprint density at radius 1 is 1.35 bits per heavy atom. The predicted molar refractivity (Wildman–Crippen MR) is 82.0 cm³/mol. The number of rotatable bonds is 4. The van der Waals surface area contributed by atoms with E-state index < -0.39 is 0 Å². The molecule has 2 heteroatoms. The van der Waals surface area contributed by atoms with Crippen molar-refractivity contribution in [2.45, 2.75) is 44.6 Å². The first-order chi connectivity index (χ1) is 9.78. The van der Waals surface area contributed by atoms with E-state index in [-0.39, 0.29) is 0 Å². The van der Waals surface area contributed by atoms with E-state index in [1.54, 1.807) is 11.1 Å². The van der Waals surface area contributed by atoms with E-state index in [4.69, 9.17) is 4.42 Å². The zero-order valence-electron chi connectivity index (χ0n) is 12.4. The molecule has 0 saturated carbocycles. The number of hydrogen-bond donors (Lipinski definition) is 1. The van der Waals surface area contributed by atoms with Crippen molar-refractivity contribution in [3.05, 3.63) is 59.0 Å². The van der Waals surface area contributed by atoms with Crippen LogP contribution in [0, 0.1) is 6.92 Å². The Morgan fingerprint density at radius 3 is 2.95 bits per heavy atom. The third-order valence-electron chi connectivity index (χ3n) is 4.52. The van der Waals surface area contributed by atoms with E-state index >= 15 is 0 Å². The highest BCUT2D eigenvalue weighted by atomic mass is 16.3. The van der Waals surface area contributed by atoms with E-state index in [0.717, 1.165) is 12.2 Å². The maximum Gasteiger partial charge on any atom is 0.101 e. The maximum absolute atomic E-state index is 5.47. The summed E-state index contributed by atoms with van der Waals surface area (Å²) in [5.41, 5.74) is 4.37. The molecule has 2 nitrogen and oxygen atoms in total. The topological polar surface area (TPSA) is 25.2 Å². The third-order valence-corrected chi connectivity index (χ3v) is 4.52. The summed E-state index contributed by atoms with van der Waals surface area (Å²) in [6, 6.07) is 11.5. The largest absolute Gasteiger partial charge is 0.469 e. The molecule has 2 atom stereocenters. The number of benzene rings is 1. The highest BCUT2D eigenvalue weighted by Gasteiger charge is 2.24. The fourth-order valence-electron chi connectivity index (χ4n) is 3.45. The van der Waals surface area contributed by atoms with Gasteiger partial charge in [-0.05, 0) is 62.8 Å². The summed E-state index contributed by atoms with van der Waals surface area (Å²) >= 11 is 0. The zero-order chi connectivity index (χ0) is 13.9. The second-order valence-electron chi connectivity index (χ2n) is 5.86. The van der Waals surface area contributed by atoms with Crippen molar-refractivity contribution >= 4 is 0 Å². The Balaban J connectivity index is 1.80. The Kier molecular flexibility index (Phi) is 3.93. The van der Waals surface area contributed by atoms with Crippen LogP contribution in [0.2, 0.25) is 0 Å². The minimum atomic E-state index is 0.378. The van der Waals surface area contributed by atoms with Crippen LogP contribution in [0.1, 0.15) is 53.7 Å². The summed E-state index contributed by atoms with van der Waals surface area (Å²) in [6.07, 6.45) is 6.88. The minimum absolute atomic E-state index is 0.378. The van der Waals surface area contributed by atoms with Gasteiger partial charge in [-0.2, -0.15) is 0 Å². The zero-order valence-corrected chi connectivity index (χ0v) is 12.4. The van der Waals surface area contributed by atoms with Crippen LogP contribution < -0.4 is 5.32 Å². The molecule has 2 unspecified atom stereocenters. The van der Waals surface area contributed by atoms with E-state index in [1.165, 1.54) is 24.8 Å². The van der Waals surface area contributed by atoms with Crippen molar-refractivity contribution in [1.82, 2.24) is 5.32 Å². The lowest BCUT2D eigenvalue weighted by Gasteiger charge is -2.28. The van der Waals surface area contributed by atoms with Gasteiger partial charge < -0.3 is 9.73 Å². The molecular weight excluding hydrogens is 246 g/mol. The van der Waals surface area contributed by atoms with Crippen LogP contribution in [-0.4, -0.2) is 7.05 Å². The molecule has 1 aromatic carbocycles. The lowest BCUT2D eigenvalue weighted by molar-refractivity contribution is 0.435. The SMILES string of the molecule is CNC(CC1CCCc2ccccc21)c1coc(C)c1. The lowest BCUT2D eigenvalue weighted by Crippen LogP contribution is -2.21. The van der Waals surface area contributed by atoms with Crippen molar-refractivity contribution in [2.75, 3.05) is 7.05 Å². The number of fused-ring (bicyclic) bond motifs is 1. The van der Waals surface area contributed by atoms with Gasteiger partial charge >= 0.3 is 0 Å². The quantitative estimate of drug-likeness (QED) is 0.892. The van der Waals surface area contributed by atoms with Gasteiger partial charge in [-0.25, -0.2) is 0 Å². The van der Waals surface area contributed by atoms with Gasteiger partial charge in [-0.1, -0.05) is 24.3 Å². The van der Waals surface area contributed by atoms with Gasteiger partial charge in [0.25, 0.3) is 0 Å². The summed E-state index contributed by atoms with van der Waals surface area (Å²) in [6.45, 7) is 2.01. The second-order valence-corrected chi connectivity index (χ2v) is 5.86. The fourth-order valence-corrected chi connectivity index (χ4v) is 3.45. The third kappa shape index (κ3) is 2.66. The first kappa shape index (κ1) is 13.4. The lowest BCUT2D eigenvalue weighted by atomic mass is 9.79. The smallest absolute Gasteiger partial charge is 0.101 e. The van der Waals surface area contributed by atoms with Gasteiger partial charge in [0.05, 0.1) is 6.26 Å².